The molecule has 3 aliphatic rings. The van der Waals surface area contributed by atoms with E-state index in [1.54, 1.807) is 0 Å². The first kappa shape index (κ1) is 16.5. The van der Waals surface area contributed by atoms with Gasteiger partial charge in [-0.25, -0.2) is 0 Å². The van der Waals surface area contributed by atoms with Crippen molar-refractivity contribution in [1.29, 1.82) is 0 Å². The monoisotopic (exact) mass is 343 g/mol. The van der Waals surface area contributed by atoms with Gasteiger partial charge in [0.2, 0.25) is 5.95 Å². The van der Waals surface area contributed by atoms with Crippen molar-refractivity contribution in [2.75, 3.05) is 32.1 Å². The second-order valence-electron chi connectivity index (χ2n) is 7.10. The van der Waals surface area contributed by atoms with Crippen LogP contribution in [0.4, 0.5) is 5.95 Å². The molecule has 0 radical (unpaired) electrons. The maximum atomic E-state index is 12.4. The first-order valence-electron chi connectivity index (χ1n) is 9.12. The quantitative estimate of drug-likeness (QED) is 0.901. The van der Waals surface area contributed by atoms with E-state index in [0.29, 0.717) is 30.9 Å². The van der Waals surface area contributed by atoms with Gasteiger partial charge in [-0.15, -0.1) is 5.10 Å². The number of likely N-dealkylation sites (tertiary alicyclic amines) is 1. The summed E-state index contributed by atoms with van der Waals surface area (Å²) in [6.45, 7) is 2.68. The Morgan fingerprint density at radius 2 is 2.20 bits per heavy atom. The molecule has 7 heteroatoms. The number of nitrogens with zero attached hydrogens (tertiary/aromatic N) is 4. The van der Waals surface area contributed by atoms with Gasteiger partial charge in [0.1, 0.15) is 0 Å². The molecule has 0 bridgehead atoms. The number of hydrogen-bond acceptors (Lipinski definition) is 6. The van der Waals surface area contributed by atoms with Gasteiger partial charge in [0.25, 0.3) is 5.91 Å². The first-order valence-corrected chi connectivity index (χ1v) is 9.12. The molecular weight excluding hydrogens is 318 g/mol. The van der Waals surface area contributed by atoms with E-state index in [4.69, 9.17) is 4.74 Å². The van der Waals surface area contributed by atoms with Crippen LogP contribution in [0.5, 0.6) is 0 Å². The van der Waals surface area contributed by atoms with Gasteiger partial charge in [0.05, 0.1) is 25.2 Å². The van der Waals surface area contributed by atoms with Crippen molar-refractivity contribution in [2.45, 2.75) is 44.2 Å². The maximum Gasteiger partial charge on any atom is 0.252 e. The number of carbonyl (C=O) groups excluding carboxylic acids is 1. The summed E-state index contributed by atoms with van der Waals surface area (Å²) in [5, 5.41) is 7.72. The highest BCUT2D eigenvalue weighted by Gasteiger charge is 2.29. The third kappa shape index (κ3) is 3.67. The summed E-state index contributed by atoms with van der Waals surface area (Å²) >= 11 is 0. The lowest BCUT2D eigenvalue weighted by atomic mass is 10.1. The molecule has 0 aromatic carbocycles. The fourth-order valence-corrected chi connectivity index (χ4v) is 3.54. The predicted octanol–water partition coefficient (Wildman–Crippen LogP) is 1.95. The zero-order valence-corrected chi connectivity index (χ0v) is 14.6. The summed E-state index contributed by atoms with van der Waals surface area (Å²) < 4.78 is 7.44. The number of anilines is 1. The van der Waals surface area contributed by atoms with E-state index in [-0.39, 0.29) is 11.9 Å². The number of carbonyl (C=O) groups is 1. The van der Waals surface area contributed by atoms with E-state index in [1.807, 2.05) is 12.2 Å². The van der Waals surface area contributed by atoms with Gasteiger partial charge in [-0.2, -0.15) is 9.67 Å². The van der Waals surface area contributed by atoms with Crippen LogP contribution in [0.3, 0.4) is 0 Å². The Labute approximate surface area is 147 Å². The lowest BCUT2D eigenvalue weighted by Crippen LogP contribution is -2.40. The van der Waals surface area contributed by atoms with Crippen molar-refractivity contribution >= 4 is 17.4 Å². The molecule has 25 heavy (non-hydrogen) atoms. The predicted molar refractivity (Wildman–Crippen MR) is 95.5 cm³/mol. The Morgan fingerprint density at radius 3 is 2.96 bits per heavy atom. The average molecular weight is 343 g/mol. The average Bonchev–Trinajstić information content (AvgIpc) is 3.07. The molecule has 1 aromatic heterocycles. The molecule has 1 saturated heterocycles. The van der Waals surface area contributed by atoms with Crippen LogP contribution in [0.15, 0.2) is 18.2 Å². The molecule has 0 spiro atoms. The SMILES string of the molecule is CN1CCC(OCC2CC(=O)n3nc(C4=CC=CCC4)nc3N2)CC1. The van der Waals surface area contributed by atoms with E-state index >= 15 is 0 Å². The smallest absolute Gasteiger partial charge is 0.252 e. The zero-order valence-electron chi connectivity index (χ0n) is 14.6. The number of hydrogen-bond donors (Lipinski definition) is 1. The number of allylic oxidation sites excluding steroid dienone is 4. The van der Waals surface area contributed by atoms with E-state index in [0.717, 1.165) is 44.3 Å². The lowest BCUT2D eigenvalue weighted by Gasteiger charge is -2.31. The van der Waals surface area contributed by atoms with Crippen LogP contribution < -0.4 is 5.32 Å². The Bertz CT molecular complexity index is 700. The van der Waals surface area contributed by atoms with E-state index in [9.17, 15) is 4.79 Å². The number of aromatic nitrogens is 3. The normalized spacial score (nSPS) is 24.8. The maximum absolute atomic E-state index is 12.4. The summed E-state index contributed by atoms with van der Waals surface area (Å²) in [7, 11) is 2.14. The summed E-state index contributed by atoms with van der Waals surface area (Å²) in [6, 6.07) is -0.0306. The largest absolute Gasteiger partial charge is 0.376 e. The highest BCUT2D eigenvalue weighted by molar-refractivity contribution is 5.84. The number of piperidine rings is 1. The summed E-state index contributed by atoms with van der Waals surface area (Å²) in [6.07, 6.45) is 10.9. The van der Waals surface area contributed by atoms with Crippen molar-refractivity contribution < 1.29 is 9.53 Å². The minimum Gasteiger partial charge on any atom is -0.376 e. The van der Waals surface area contributed by atoms with Gasteiger partial charge in [-0.05, 0) is 38.3 Å². The van der Waals surface area contributed by atoms with E-state index < -0.39 is 0 Å². The van der Waals surface area contributed by atoms with E-state index in [2.05, 4.69) is 33.4 Å². The molecule has 0 amide bonds. The first-order chi connectivity index (χ1) is 12.2. The lowest BCUT2D eigenvalue weighted by molar-refractivity contribution is 0.00658. The second kappa shape index (κ2) is 7.09. The topological polar surface area (TPSA) is 72.3 Å². The summed E-state index contributed by atoms with van der Waals surface area (Å²) in [5.74, 6) is 1.17. The van der Waals surface area contributed by atoms with Crippen molar-refractivity contribution in [3.05, 3.63) is 24.1 Å². The van der Waals surface area contributed by atoms with Crippen LogP contribution in [0.25, 0.3) is 5.57 Å². The molecule has 1 atom stereocenters. The van der Waals surface area contributed by atoms with Gasteiger partial charge in [0, 0.05) is 13.1 Å². The van der Waals surface area contributed by atoms with Gasteiger partial charge in [-0.1, -0.05) is 18.2 Å². The minimum atomic E-state index is -0.0306. The Kier molecular flexibility index (Phi) is 4.67. The Morgan fingerprint density at radius 1 is 1.36 bits per heavy atom. The second-order valence-corrected chi connectivity index (χ2v) is 7.10. The highest BCUT2D eigenvalue weighted by Crippen LogP contribution is 2.24. The fourth-order valence-electron chi connectivity index (χ4n) is 3.54. The van der Waals surface area contributed by atoms with Crippen molar-refractivity contribution in [2.24, 2.45) is 0 Å². The molecular formula is C18H25N5O2. The standard InChI is InChI=1S/C18H25N5O2/c1-22-9-7-15(8-10-22)25-12-14-11-16(24)23-18(19-14)20-17(21-23)13-5-3-2-4-6-13/h2-3,5,14-15H,4,6-12H2,1H3,(H,19,20,21). The minimum absolute atomic E-state index is 0.0172. The third-order valence-corrected chi connectivity index (χ3v) is 5.10. The Balaban J connectivity index is 1.39. The number of rotatable bonds is 4. The molecule has 1 unspecified atom stereocenters. The third-order valence-electron chi connectivity index (χ3n) is 5.10. The van der Waals surface area contributed by atoms with Crippen LogP contribution in [-0.4, -0.2) is 64.5 Å². The zero-order chi connectivity index (χ0) is 17.2. The Hall–Kier alpha value is -1.99. The van der Waals surface area contributed by atoms with Crippen molar-refractivity contribution in [1.82, 2.24) is 19.7 Å². The van der Waals surface area contributed by atoms with Gasteiger partial charge in [-0.3, -0.25) is 4.79 Å². The molecule has 134 valence electrons. The van der Waals surface area contributed by atoms with Gasteiger partial charge < -0.3 is 15.0 Å². The van der Waals surface area contributed by atoms with Crippen molar-refractivity contribution in [3.8, 4) is 0 Å². The van der Waals surface area contributed by atoms with Crippen LogP contribution in [-0.2, 0) is 4.74 Å². The molecule has 2 aliphatic heterocycles. The van der Waals surface area contributed by atoms with Crippen LogP contribution in [0, 0.1) is 0 Å². The number of ether oxygens (including phenoxy) is 1. The van der Waals surface area contributed by atoms with Crippen LogP contribution in [0.1, 0.15) is 42.7 Å². The molecule has 4 rings (SSSR count). The molecule has 3 heterocycles. The van der Waals surface area contributed by atoms with Gasteiger partial charge >= 0.3 is 0 Å². The fraction of sp³-hybridized carbons (Fsp3) is 0.611. The van der Waals surface area contributed by atoms with Crippen LogP contribution >= 0.6 is 0 Å². The summed E-state index contributed by atoms with van der Waals surface area (Å²) in [5.41, 5.74) is 1.08. The molecule has 1 fully saturated rings. The van der Waals surface area contributed by atoms with Crippen molar-refractivity contribution in [3.63, 3.8) is 0 Å². The molecule has 1 aromatic rings. The summed E-state index contributed by atoms with van der Waals surface area (Å²) in [4.78, 5) is 19.3. The number of nitrogens with one attached hydrogen (secondary N) is 1. The van der Waals surface area contributed by atoms with Crippen LogP contribution in [0.2, 0.25) is 0 Å². The molecule has 0 saturated carbocycles. The molecule has 7 nitrogen and oxygen atoms in total. The van der Waals surface area contributed by atoms with Gasteiger partial charge in [0.15, 0.2) is 5.82 Å². The number of fused-ring (bicyclic) bond motifs is 1. The molecule has 1 N–H and O–H groups in total. The highest BCUT2D eigenvalue weighted by atomic mass is 16.5. The molecule has 1 aliphatic carbocycles. The van der Waals surface area contributed by atoms with E-state index in [1.165, 1.54) is 4.68 Å².